The Morgan fingerprint density at radius 2 is 1.39 bits per heavy atom. The Balaban J connectivity index is 4.58. The molecule has 0 rings (SSSR count). The number of esters is 1. The van der Waals surface area contributed by atoms with Gasteiger partial charge in [-0.2, -0.15) is 0 Å². The maximum Gasteiger partial charge on any atom is 0.407 e. The van der Waals surface area contributed by atoms with Crippen LogP contribution in [0.3, 0.4) is 0 Å². The number of amides is 3. The molecule has 11 heteroatoms. The topological polar surface area (TPSA) is 152 Å². The summed E-state index contributed by atoms with van der Waals surface area (Å²) >= 11 is 0. The van der Waals surface area contributed by atoms with Gasteiger partial charge in [0.1, 0.15) is 12.1 Å². The molecule has 0 radical (unpaired) electrons. The van der Waals surface area contributed by atoms with Gasteiger partial charge in [-0.1, -0.05) is 26.7 Å². The standard InChI is InChI=1S/C17H31N3O8/c1-4-6-8-27-16(24)19-12(15(23)26-3)10-18-14(22)13(11-21)20-17(25)28-9-7-5-2/h12-13,21H,4-11H2,1-3H3,(H,18,22)(H,19,24)(H,20,25). The van der Waals surface area contributed by atoms with E-state index >= 15 is 0 Å². The van der Waals surface area contributed by atoms with Gasteiger partial charge >= 0.3 is 18.2 Å². The Kier molecular flexibility index (Phi) is 14.1. The number of rotatable bonds is 13. The van der Waals surface area contributed by atoms with Gasteiger partial charge in [0, 0.05) is 6.54 Å². The molecule has 2 unspecified atom stereocenters. The molecule has 0 saturated heterocycles. The van der Waals surface area contributed by atoms with Crippen LogP contribution < -0.4 is 16.0 Å². The lowest BCUT2D eigenvalue weighted by molar-refractivity contribution is -0.143. The zero-order valence-corrected chi connectivity index (χ0v) is 16.6. The lowest BCUT2D eigenvalue weighted by Gasteiger charge is -2.20. The van der Waals surface area contributed by atoms with Crippen LogP contribution in [-0.4, -0.2) is 74.7 Å². The molecule has 0 aromatic heterocycles. The van der Waals surface area contributed by atoms with Crippen LogP contribution in [0.4, 0.5) is 9.59 Å². The second-order valence-electron chi connectivity index (χ2n) is 5.82. The van der Waals surface area contributed by atoms with E-state index in [1.165, 1.54) is 0 Å². The Labute approximate surface area is 164 Å². The zero-order chi connectivity index (χ0) is 21.4. The molecule has 162 valence electrons. The summed E-state index contributed by atoms with van der Waals surface area (Å²) in [6.45, 7) is 3.24. The van der Waals surface area contributed by atoms with Gasteiger partial charge in [-0.3, -0.25) is 4.79 Å². The van der Waals surface area contributed by atoms with Crippen LogP contribution in [0.1, 0.15) is 39.5 Å². The van der Waals surface area contributed by atoms with E-state index in [0.717, 1.165) is 20.0 Å². The number of hydrogen-bond acceptors (Lipinski definition) is 8. The average Bonchev–Trinajstić information content (AvgIpc) is 2.68. The van der Waals surface area contributed by atoms with Crippen LogP contribution in [0.15, 0.2) is 0 Å². The molecule has 0 aliphatic carbocycles. The average molecular weight is 405 g/mol. The fraction of sp³-hybridized carbons (Fsp3) is 0.765. The molecule has 4 N–H and O–H groups in total. The van der Waals surface area contributed by atoms with Gasteiger partial charge in [0.05, 0.1) is 26.9 Å². The second kappa shape index (κ2) is 15.5. The van der Waals surface area contributed by atoms with E-state index in [-0.39, 0.29) is 19.8 Å². The van der Waals surface area contributed by atoms with E-state index in [9.17, 15) is 24.3 Å². The summed E-state index contributed by atoms with van der Waals surface area (Å²) in [5.41, 5.74) is 0. The van der Waals surface area contributed by atoms with Crippen molar-refractivity contribution in [1.29, 1.82) is 0 Å². The number of methoxy groups -OCH3 is 1. The highest BCUT2D eigenvalue weighted by atomic mass is 16.6. The number of ether oxygens (including phenoxy) is 3. The molecular formula is C17H31N3O8. The third kappa shape index (κ3) is 11.2. The maximum atomic E-state index is 12.1. The summed E-state index contributed by atoms with van der Waals surface area (Å²) in [6, 6.07) is -2.47. The molecule has 0 aliphatic rings. The van der Waals surface area contributed by atoms with E-state index in [1.807, 2.05) is 13.8 Å². The number of aliphatic hydroxyl groups is 1. The smallest absolute Gasteiger partial charge is 0.407 e. The highest BCUT2D eigenvalue weighted by Crippen LogP contribution is 1.94. The number of carbonyl (C=O) groups is 4. The van der Waals surface area contributed by atoms with Crippen molar-refractivity contribution in [3.05, 3.63) is 0 Å². The predicted octanol–water partition coefficient (Wildman–Crippen LogP) is 0.0577. The molecule has 0 heterocycles. The zero-order valence-electron chi connectivity index (χ0n) is 16.6. The lowest BCUT2D eigenvalue weighted by atomic mass is 10.2. The number of alkyl carbamates (subject to hydrolysis) is 2. The fourth-order valence-corrected chi connectivity index (χ4v) is 1.84. The third-order valence-electron chi connectivity index (χ3n) is 3.51. The second-order valence-corrected chi connectivity index (χ2v) is 5.82. The van der Waals surface area contributed by atoms with E-state index in [0.29, 0.717) is 12.8 Å². The molecule has 0 aromatic carbocycles. The molecule has 0 saturated carbocycles. The van der Waals surface area contributed by atoms with Crippen molar-refractivity contribution >= 4 is 24.1 Å². The predicted molar refractivity (Wildman–Crippen MR) is 98.5 cm³/mol. The van der Waals surface area contributed by atoms with Crippen LogP contribution in [0.2, 0.25) is 0 Å². The molecule has 0 aromatic rings. The summed E-state index contributed by atoms with van der Waals surface area (Å²) in [4.78, 5) is 47.2. The van der Waals surface area contributed by atoms with E-state index in [2.05, 4.69) is 20.7 Å². The molecule has 0 spiro atoms. The van der Waals surface area contributed by atoms with E-state index < -0.39 is 42.8 Å². The maximum absolute atomic E-state index is 12.1. The van der Waals surface area contributed by atoms with E-state index in [1.54, 1.807) is 0 Å². The van der Waals surface area contributed by atoms with Crippen LogP contribution in [0.25, 0.3) is 0 Å². The number of nitrogens with one attached hydrogen (secondary N) is 3. The first-order valence-electron chi connectivity index (χ1n) is 9.22. The van der Waals surface area contributed by atoms with Gasteiger partial charge in [-0.25, -0.2) is 14.4 Å². The third-order valence-corrected chi connectivity index (χ3v) is 3.51. The van der Waals surface area contributed by atoms with Gasteiger partial charge in [0.2, 0.25) is 5.91 Å². The SMILES string of the molecule is CCCCOC(=O)NC(CO)C(=O)NCC(NC(=O)OCCCC)C(=O)OC. The number of carbonyl (C=O) groups excluding carboxylic acids is 4. The van der Waals surface area contributed by atoms with Crippen LogP contribution in [0.5, 0.6) is 0 Å². The van der Waals surface area contributed by atoms with Gasteiger partial charge in [0.15, 0.2) is 0 Å². The summed E-state index contributed by atoms with van der Waals surface area (Å²) in [6.07, 6.45) is 1.34. The van der Waals surface area contributed by atoms with Crippen molar-refractivity contribution < 1.29 is 38.5 Å². The molecule has 3 amide bonds. The fourth-order valence-electron chi connectivity index (χ4n) is 1.84. The summed E-state index contributed by atoms with van der Waals surface area (Å²) in [5.74, 6) is -1.55. The summed E-state index contributed by atoms with van der Waals surface area (Å²) in [7, 11) is 1.13. The highest BCUT2D eigenvalue weighted by molar-refractivity contribution is 5.87. The minimum Gasteiger partial charge on any atom is -0.467 e. The van der Waals surface area contributed by atoms with Crippen molar-refractivity contribution in [2.45, 2.75) is 51.6 Å². The van der Waals surface area contributed by atoms with Gasteiger partial charge in [-0.15, -0.1) is 0 Å². The van der Waals surface area contributed by atoms with Gasteiger partial charge in [0.25, 0.3) is 0 Å². The van der Waals surface area contributed by atoms with Crippen molar-refractivity contribution in [3.63, 3.8) is 0 Å². The first-order valence-corrected chi connectivity index (χ1v) is 9.22. The van der Waals surface area contributed by atoms with Crippen molar-refractivity contribution in [3.8, 4) is 0 Å². The molecule has 28 heavy (non-hydrogen) atoms. The Morgan fingerprint density at radius 3 is 1.82 bits per heavy atom. The van der Waals surface area contributed by atoms with E-state index in [4.69, 9.17) is 9.47 Å². The first-order chi connectivity index (χ1) is 13.4. The number of unbranched alkanes of at least 4 members (excludes halogenated alkanes) is 2. The van der Waals surface area contributed by atoms with Crippen molar-refractivity contribution in [2.24, 2.45) is 0 Å². The largest absolute Gasteiger partial charge is 0.467 e. The molecule has 2 atom stereocenters. The molecular weight excluding hydrogens is 374 g/mol. The molecule has 11 nitrogen and oxygen atoms in total. The van der Waals surface area contributed by atoms with Crippen LogP contribution >= 0.6 is 0 Å². The number of hydrogen-bond donors (Lipinski definition) is 4. The van der Waals surface area contributed by atoms with Crippen molar-refractivity contribution in [2.75, 3.05) is 33.5 Å². The van der Waals surface area contributed by atoms with Crippen LogP contribution in [0, 0.1) is 0 Å². The Bertz CT molecular complexity index is 501. The molecule has 0 fully saturated rings. The minimum absolute atomic E-state index is 0.191. The highest BCUT2D eigenvalue weighted by Gasteiger charge is 2.26. The quantitative estimate of drug-likeness (QED) is 0.191. The van der Waals surface area contributed by atoms with Gasteiger partial charge < -0.3 is 35.3 Å². The first kappa shape index (κ1) is 25.4. The summed E-state index contributed by atoms with van der Waals surface area (Å²) in [5, 5.41) is 16.1. The van der Waals surface area contributed by atoms with Crippen LogP contribution in [-0.2, 0) is 23.8 Å². The number of aliphatic hydroxyl groups excluding tert-OH is 1. The van der Waals surface area contributed by atoms with Gasteiger partial charge in [-0.05, 0) is 12.8 Å². The monoisotopic (exact) mass is 405 g/mol. The molecule has 0 bridgehead atoms. The van der Waals surface area contributed by atoms with Crippen molar-refractivity contribution in [1.82, 2.24) is 16.0 Å². The lowest BCUT2D eigenvalue weighted by Crippen LogP contribution is -2.54. The summed E-state index contributed by atoms with van der Waals surface area (Å²) < 4.78 is 14.3. The normalized spacial score (nSPS) is 12.3. The Hall–Kier alpha value is -2.56. The Morgan fingerprint density at radius 1 is 0.893 bits per heavy atom. The minimum atomic E-state index is -1.27. The molecule has 0 aliphatic heterocycles.